The zero-order valence-electron chi connectivity index (χ0n) is 14.5. The molecule has 1 saturated carbocycles. The highest BCUT2D eigenvalue weighted by atomic mass is 16.5. The van der Waals surface area contributed by atoms with Crippen molar-refractivity contribution < 1.29 is 9.47 Å². The van der Waals surface area contributed by atoms with E-state index in [2.05, 4.69) is 33.1 Å². The Morgan fingerprint density at radius 3 is 3.00 bits per heavy atom. The second kappa shape index (κ2) is 8.04. The van der Waals surface area contributed by atoms with Crippen LogP contribution in [0.3, 0.4) is 0 Å². The number of aromatic nitrogens is 2. The zero-order valence-corrected chi connectivity index (χ0v) is 14.5. The number of pyridine rings is 2. The van der Waals surface area contributed by atoms with Crippen LogP contribution in [-0.2, 0) is 22.6 Å². The van der Waals surface area contributed by atoms with Gasteiger partial charge in [0.05, 0.1) is 31.6 Å². The molecule has 0 unspecified atom stereocenters. The highest BCUT2D eigenvalue weighted by molar-refractivity contribution is 5.07. The van der Waals surface area contributed by atoms with Gasteiger partial charge in [-0.1, -0.05) is 12.1 Å². The lowest BCUT2D eigenvalue weighted by atomic mass is 10.0. The number of hydrogen-bond donors (Lipinski definition) is 0. The van der Waals surface area contributed by atoms with Crippen molar-refractivity contribution in [2.24, 2.45) is 5.92 Å². The van der Waals surface area contributed by atoms with E-state index < -0.39 is 0 Å². The van der Waals surface area contributed by atoms with Gasteiger partial charge >= 0.3 is 0 Å². The molecule has 0 amide bonds. The van der Waals surface area contributed by atoms with Crippen LogP contribution in [0.1, 0.15) is 24.1 Å². The van der Waals surface area contributed by atoms with Crippen molar-refractivity contribution in [2.75, 3.05) is 19.8 Å². The Hall–Kier alpha value is -1.82. The molecular formula is C20H25N3O2. The Labute approximate surface area is 149 Å². The first kappa shape index (κ1) is 16.6. The summed E-state index contributed by atoms with van der Waals surface area (Å²) in [4.78, 5) is 11.1. The molecule has 0 spiro atoms. The third-order valence-electron chi connectivity index (χ3n) is 5.25. The summed E-state index contributed by atoms with van der Waals surface area (Å²) >= 11 is 0. The molecular weight excluding hydrogens is 314 g/mol. The van der Waals surface area contributed by atoms with Crippen molar-refractivity contribution in [3.8, 4) is 0 Å². The second-order valence-corrected chi connectivity index (χ2v) is 6.91. The number of fused-ring (bicyclic) bond motifs is 1. The first-order valence-corrected chi connectivity index (χ1v) is 9.12. The lowest BCUT2D eigenvalue weighted by Crippen LogP contribution is -2.50. The van der Waals surface area contributed by atoms with Gasteiger partial charge in [0.15, 0.2) is 0 Å². The van der Waals surface area contributed by atoms with E-state index in [1.165, 1.54) is 12.8 Å². The van der Waals surface area contributed by atoms with Crippen LogP contribution in [0, 0.1) is 5.92 Å². The van der Waals surface area contributed by atoms with E-state index in [4.69, 9.17) is 9.47 Å². The fraction of sp³-hybridized carbons (Fsp3) is 0.500. The van der Waals surface area contributed by atoms with Crippen LogP contribution in [0.5, 0.6) is 0 Å². The average molecular weight is 339 g/mol. The van der Waals surface area contributed by atoms with Crippen molar-refractivity contribution >= 4 is 0 Å². The van der Waals surface area contributed by atoms with Gasteiger partial charge in [0.25, 0.3) is 0 Å². The zero-order chi connectivity index (χ0) is 16.9. The molecule has 2 aromatic rings. The molecule has 1 aliphatic carbocycles. The highest BCUT2D eigenvalue weighted by Gasteiger charge is 2.42. The van der Waals surface area contributed by atoms with Crippen LogP contribution in [0.2, 0.25) is 0 Å². The fourth-order valence-corrected chi connectivity index (χ4v) is 4.02. The van der Waals surface area contributed by atoms with E-state index in [0.29, 0.717) is 18.6 Å². The van der Waals surface area contributed by atoms with Gasteiger partial charge in [-0.2, -0.15) is 0 Å². The van der Waals surface area contributed by atoms with Gasteiger partial charge in [0.1, 0.15) is 0 Å². The molecule has 5 heteroatoms. The summed E-state index contributed by atoms with van der Waals surface area (Å²) in [6, 6.07) is 10.6. The van der Waals surface area contributed by atoms with Gasteiger partial charge in [0.2, 0.25) is 0 Å². The van der Waals surface area contributed by atoms with Gasteiger partial charge in [-0.15, -0.1) is 0 Å². The SMILES string of the molecule is c1ccc(CN2CCO[C@@H]3[C@@H](COCc4cccnc4)CC[C@@H]32)nc1. The van der Waals surface area contributed by atoms with Crippen molar-refractivity contribution in [3.05, 3.63) is 60.2 Å². The molecule has 0 N–H and O–H groups in total. The Kier molecular flexibility index (Phi) is 5.35. The number of nitrogens with zero attached hydrogens (tertiary/aromatic N) is 3. The summed E-state index contributed by atoms with van der Waals surface area (Å²) in [5.74, 6) is 0.480. The average Bonchev–Trinajstić information content (AvgIpc) is 3.08. The molecule has 3 atom stereocenters. The highest BCUT2D eigenvalue weighted by Crippen LogP contribution is 2.35. The summed E-state index contributed by atoms with van der Waals surface area (Å²) < 4.78 is 12.1. The van der Waals surface area contributed by atoms with Crippen LogP contribution in [0.25, 0.3) is 0 Å². The minimum atomic E-state index is 0.284. The van der Waals surface area contributed by atoms with Gasteiger partial charge in [-0.05, 0) is 36.6 Å². The molecule has 3 heterocycles. The van der Waals surface area contributed by atoms with Crippen molar-refractivity contribution in [1.29, 1.82) is 0 Å². The van der Waals surface area contributed by atoms with E-state index in [-0.39, 0.29) is 6.10 Å². The monoisotopic (exact) mass is 339 g/mol. The molecule has 2 aliphatic rings. The number of rotatable bonds is 6. The normalized spacial score (nSPS) is 26.5. The van der Waals surface area contributed by atoms with E-state index in [1.54, 1.807) is 6.20 Å². The summed E-state index contributed by atoms with van der Waals surface area (Å²) in [5, 5.41) is 0. The molecule has 0 aromatic carbocycles. The van der Waals surface area contributed by atoms with Gasteiger partial charge in [0, 0.05) is 43.6 Å². The van der Waals surface area contributed by atoms with Crippen LogP contribution in [0.4, 0.5) is 0 Å². The number of ether oxygens (including phenoxy) is 2. The quantitative estimate of drug-likeness (QED) is 0.810. The first-order chi connectivity index (χ1) is 12.4. The van der Waals surface area contributed by atoms with Crippen LogP contribution in [0.15, 0.2) is 48.9 Å². The Morgan fingerprint density at radius 1 is 1.16 bits per heavy atom. The maximum Gasteiger partial charge on any atom is 0.0781 e. The molecule has 25 heavy (non-hydrogen) atoms. The minimum absolute atomic E-state index is 0.284. The molecule has 2 aromatic heterocycles. The Bertz CT molecular complexity index is 653. The molecule has 2 fully saturated rings. The van der Waals surface area contributed by atoms with E-state index in [1.807, 2.05) is 24.5 Å². The number of hydrogen-bond acceptors (Lipinski definition) is 5. The number of morpholine rings is 1. The summed E-state index contributed by atoms with van der Waals surface area (Å²) in [6.07, 6.45) is 8.16. The van der Waals surface area contributed by atoms with E-state index in [0.717, 1.165) is 37.6 Å². The van der Waals surface area contributed by atoms with E-state index >= 15 is 0 Å². The third-order valence-corrected chi connectivity index (χ3v) is 5.25. The Balaban J connectivity index is 1.31. The standard InChI is InChI=1S/C20H25N3O2/c1-2-9-22-18(5-1)13-23-10-11-25-20-17(6-7-19(20)23)15-24-14-16-4-3-8-21-12-16/h1-5,8-9,12,17,19-20H,6-7,10-11,13-15H2/t17-,19+,20-/m1/s1. The predicted molar refractivity (Wildman–Crippen MR) is 94.8 cm³/mol. The molecule has 132 valence electrons. The van der Waals surface area contributed by atoms with Gasteiger partial charge in [-0.25, -0.2) is 0 Å². The topological polar surface area (TPSA) is 47.5 Å². The van der Waals surface area contributed by atoms with Crippen molar-refractivity contribution in [1.82, 2.24) is 14.9 Å². The summed E-state index contributed by atoms with van der Waals surface area (Å²) in [6.45, 7) is 4.08. The fourth-order valence-electron chi connectivity index (χ4n) is 4.02. The third kappa shape index (κ3) is 4.06. The van der Waals surface area contributed by atoms with Gasteiger partial charge in [-0.3, -0.25) is 14.9 Å². The molecule has 0 radical (unpaired) electrons. The maximum atomic E-state index is 6.13. The molecule has 5 nitrogen and oxygen atoms in total. The summed E-state index contributed by atoms with van der Waals surface area (Å²) in [7, 11) is 0. The maximum absolute atomic E-state index is 6.13. The molecule has 4 rings (SSSR count). The Morgan fingerprint density at radius 2 is 2.16 bits per heavy atom. The lowest BCUT2D eigenvalue weighted by Gasteiger charge is -2.39. The van der Waals surface area contributed by atoms with Crippen LogP contribution >= 0.6 is 0 Å². The van der Waals surface area contributed by atoms with Crippen molar-refractivity contribution in [2.45, 2.75) is 38.1 Å². The summed E-state index contributed by atoms with van der Waals surface area (Å²) in [5.41, 5.74) is 2.26. The minimum Gasteiger partial charge on any atom is -0.376 e. The van der Waals surface area contributed by atoms with Crippen molar-refractivity contribution in [3.63, 3.8) is 0 Å². The molecule has 0 bridgehead atoms. The van der Waals surface area contributed by atoms with Crippen LogP contribution < -0.4 is 0 Å². The van der Waals surface area contributed by atoms with E-state index in [9.17, 15) is 0 Å². The smallest absolute Gasteiger partial charge is 0.0781 e. The largest absolute Gasteiger partial charge is 0.376 e. The molecule has 1 saturated heterocycles. The van der Waals surface area contributed by atoms with Gasteiger partial charge < -0.3 is 9.47 Å². The lowest BCUT2D eigenvalue weighted by molar-refractivity contribution is -0.0894. The first-order valence-electron chi connectivity index (χ1n) is 9.12. The molecule has 1 aliphatic heterocycles. The second-order valence-electron chi connectivity index (χ2n) is 6.91. The predicted octanol–water partition coefficient (Wildman–Crippen LogP) is 2.67. The van der Waals surface area contributed by atoms with Crippen LogP contribution in [-0.4, -0.2) is 46.8 Å².